The van der Waals surface area contributed by atoms with Crippen LogP contribution in [0.25, 0.3) is 0 Å². The first-order valence-corrected chi connectivity index (χ1v) is 6.43. The average molecular weight is 254 g/mol. The lowest BCUT2D eigenvalue weighted by molar-refractivity contribution is -0.00831. The van der Waals surface area contributed by atoms with Crippen molar-refractivity contribution in [3.63, 3.8) is 0 Å². The Labute approximate surface area is 107 Å². The lowest BCUT2D eigenvalue weighted by atomic mass is 10.00. The molecule has 4 heteroatoms. The summed E-state index contributed by atoms with van der Waals surface area (Å²) in [5, 5.41) is 3.41. The largest absolute Gasteiger partial charge is 0.308 e. The van der Waals surface area contributed by atoms with E-state index in [9.17, 15) is 8.78 Å². The van der Waals surface area contributed by atoms with E-state index in [0.717, 1.165) is 25.2 Å². The van der Waals surface area contributed by atoms with Crippen molar-refractivity contribution in [3.05, 3.63) is 35.4 Å². The second-order valence-electron chi connectivity index (χ2n) is 4.95. The normalized spacial score (nSPS) is 22.1. The van der Waals surface area contributed by atoms with E-state index in [0.29, 0.717) is 0 Å². The topological polar surface area (TPSA) is 15.3 Å². The van der Waals surface area contributed by atoms with E-state index in [-0.39, 0.29) is 18.0 Å². The molecule has 0 saturated carbocycles. The number of halogens is 2. The molecule has 2 rings (SSSR count). The standard InChI is InChI=1S/C14H20F2N2/c1-3-14(15,16)12-6-4-11(5-7-12)13-10-18(2)9-8-17-13/h4-7,13,17H,3,8-10H2,1-2H3. The smallest absolute Gasteiger partial charge is 0.273 e. The van der Waals surface area contributed by atoms with Gasteiger partial charge in [-0.05, 0) is 12.6 Å². The Hall–Kier alpha value is -1.00. The molecule has 2 nitrogen and oxygen atoms in total. The van der Waals surface area contributed by atoms with Crippen molar-refractivity contribution in [2.45, 2.75) is 25.3 Å². The van der Waals surface area contributed by atoms with E-state index in [1.54, 1.807) is 12.1 Å². The minimum atomic E-state index is -2.71. The van der Waals surface area contributed by atoms with Crippen LogP contribution in [-0.2, 0) is 5.92 Å². The van der Waals surface area contributed by atoms with E-state index >= 15 is 0 Å². The number of hydrogen-bond acceptors (Lipinski definition) is 2. The molecule has 0 radical (unpaired) electrons. The van der Waals surface area contributed by atoms with Crippen molar-refractivity contribution in [1.29, 1.82) is 0 Å². The molecule has 0 bridgehead atoms. The molecular weight excluding hydrogens is 234 g/mol. The van der Waals surface area contributed by atoms with Crippen LogP contribution in [0.3, 0.4) is 0 Å². The highest BCUT2D eigenvalue weighted by Crippen LogP contribution is 2.32. The molecule has 1 fully saturated rings. The predicted molar refractivity (Wildman–Crippen MR) is 68.9 cm³/mol. The molecule has 1 heterocycles. The fourth-order valence-corrected chi connectivity index (χ4v) is 2.28. The second-order valence-corrected chi connectivity index (χ2v) is 4.95. The van der Waals surface area contributed by atoms with Crippen LogP contribution in [-0.4, -0.2) is 31.6 Å². The van der Waals surface area contributed by atoms with Gasteiger partial charge < -0.3 is 10.2 Å². The third kappa shape index (κ3) is 2.87. The number of rotatable bonds is 3. The second kappa shape index (κ2) is 5.33. The van der Waals surface area contributed by atoms with Crippen molar-refractivity contribution in [2.75, 3.05) is 26.7 Å². The van der Waals surface area contributed by atoms with Gasteiger partial charge in [-0.25, -0.2) is 8.78 Å². The number of hydrogen-bond donors (Lipinski definition) is 1. The molecule has 1 unspecified atom stereocenters. The molecule has 1 aromatic carbocycles. The van der Waals surface area contributed by atoms with Crippen LogP contribution in [0.5, 0.6) is 0 Å². The summed E-state index contributed by atoms with van der Waals surface area (Å²) in [6.07, 6.45) is -0.156. The summed E-state index contributed by atoms with van der Waals surface area (Å²) < 4.78 is 27.0. The average Bonchev–Trinajstić information content (AvgIpc) is 2.39. The van der Waals surface area contributed by atoms with Crippen LogP contribution in [0.1, 0.15) is 30.5 Å². The van der Waals surface area contributed by atoms with Crippen molar-refractivity contribution < 1.29 is 8.78 Å². The first kappa shape index (κ1) is 13.4. The predicted octanol–water partition coefficient (Wildman–Crippen LogP) is 2.76. The Kier molecular flexibility index (Phi) is 3.97. The Balaban J connectivity index is 2.12. The van der Waals surface area contributed by atoms with Gasteiger partial charge in [-0.3, -0.25) is 0 Å². The van der Waals surface area contributed by atoms with Crippen molar-refractivity contribution in [1.82, 2.24) is 10.2 Å². The molecular formula is C14H20F2N2. The molecule has 0 aromatic heterocycles. The van der Waals surface area contributed by atoms with Crippen LogP contribution < -0.4 is 5.32 Å². The highest BCUT2D eigenvalue weighted by Gasteiger charge is 2.29. The number of benzene rings is 1. The molecule has 1 saturated heterocycles. The monoisotopic (exact) mass is 254 g/mol. The highest BCUT2D eigenvalue weighted by atomic mass is 19.3. The first-order chi connectivity index (χ1) is 8.53. The first-order valence-electron chi connectivity index (χ1n) is 6.43. The zero-order valence-electron chi connectivity index (χ0n) is 10.9. The Morgan fingerprint density at radius 3 is 2.56 bits per heavy atom. The minimum Gasteiger partial charge on any atom is -0.308 e. The van der Waals surface area contributed by atoms with E-state index in [4.69, 9.17) is 0 Å². The minimum absolute atomic E-state index is 0.109. The maximum Gasteiger partial charge on any atom is 0.273 e. The SMILES string of the molecule is CCC(F)(F)c1ccc(C2CN(C)CCN2)cc1. The third-order valence-corrected chi connectivity index (χ3v) is 3.56. The summed E-state index contributed by atoms with van der Waals surface area (Å²) in [5.74, 6) is -2.71. The number of likely N-dealkylation sites (N-methyl/N-ethyl adjacent to an activating group) is 1. The van der Waals surface area contributed by atoms with E-state index in [1.807, 2.05) is 12.1 Å². The Bertz CT molecular complexity index is 389. The van der Waals surface area contributed by atoms with Gasteiger partial charge in [0.1, 0.15) is 0 Å². The molecule has 0 spiro atoms. The summed E-state index contributed by atoms with van der Waals surface area (Å²) in [6, 6.07) is 6.98. The van der Waals surface area contributed by atoms with Gasteiger partial charge in [-0.1, -0.05) is 31.2 Å². The summed E-state index contributed by atoms with van der Waals surface area (Å²) in [5.41, 5.74) is 1.19. The van der Waals surface area contributed by atoms with Gasteiger partial charge in [0.05, 0.1) is 0 Å². The van der Waals surface area contributed by atoms with Crippen molar-refractivity contribution in [2.24, 2.45) is 0 Å². The molecule has 1 N–H and O–H groups in total. The fraction of sp³-hybridized carbons (Fsp3) is 0.571. The van der Waals surface area contributed by atoms with Crippen LogP contribution in [0.15, 0.2) is 24.3 Å². The number of piperazine rings is 1. The summed E-state index contributed by atoms with van der Waals surface area (Å²) in [7, 11) is 2.08. The zero-order chi connectivity index (χ0) is 13.2. The van der Waals surface area contributed by atoms with Crippen LogP contribution in [0, 0.1) is 0 Å². The van der Waals surface area contributed by atoms with Gasteiger partial charge in [0.2, 0.25) is 0 Å². The molecule has 0 aliphatic carbocycles. The van der Waals surface area contributed by atoms with Crippen molar-refractivity contribution >= 4 is 0 Å². The Morgan fingerprint density at radius 1 is 1.33 bits per heavy atom. The van der Waals surface area contributed by atoms with Crippen LogP contribution in [0.4, 0.5) is 8.78 Å². The molecule has 1 aromatic rings. The number of nitrogens with zero attached hydrogens (tertiary/aromatic N) is 1. The number of nitrogens with one attached hydrogen (secondary N) is 1. The maximum atomic E-state index is 13.5. The maximum absolute atomic E-state index is 13.5. The van der Waals surface area contributed by atoms with E-state index in [2.05, 4.69) is 17.3 Å². The van der Waals surface area contributed by atoms with Gasteiger partial charge >= 0.3 is 0 Å². The van der Waals surface area contributed by atoms with Gasteiger partial charge in [0, 0.05) is 37.7 Å². The zero-order valence-corrected chi connectivity index (χ0v) is 10.9. The molecule has 18 heavy (non-hydrogen) atoms. The summed E-state index contributed by atoms with van der Waals surface area (Å²) in [4.78, 5) is 2.25. The van der Waals surface area contributed by atoms with E-state index in [1.165, 1.54) is 6.92 Å². The molecule has 0 amide bonds. The third-order valence-electron chi connectivity index (χ3n) is 3.56. The summed E-state index contributed by atoms with van der Waals surface area (Å²) in [6.45, 7) is 4.39. The van der Waals surface area contributed by atoms with E-state index < -0.39 is 5.92 Å². The highest BCUT2D eigenvalue weighted by molar-refractivity contribution is 5.28. The summed E-state index contributed by atoms with van der Waals surface area (Å²) >= 11 is 0. The number of alkyl halides is 2. The molecule has 1 aliphatic rings. The lowest BCUT2D eigenvalue weighted by Gasteiger charge is -2.31. The van der Waals surface area contributed by atoms with Gasteiger partial charge in [-0.2, -0.15) is 0 Å². The van der Waals surface area contributed by atoms with Gasteiger partial charge in [-0.15, -0.1) is 0 Å². The fourth-order valence-electron chi connectivity index (χ4n) is 2.28. The van der Waals surface area contributed by atoms with Gasteiger partial charge in [0.25, 0.3) is 5.92 Å². The molecule has 1 aliphatic heterocycles. The van der Waals surface area contributed by atoms with Crippen LogP contribution >= 0.6 is 0 Å². The molecule has 100 valence electrons. The van der Waals surface area contributed by atoms with Crippen molar-refractivity contribution in [3.8, 4) is 0 Å². The Morgan fingerprint density at radius 2 is 2.00 bits per heavy atom. The van der Waals surface area contributed by atoms with Crippen LogP contribution in [0.2, 0.25) is 0 Å². The lowest BCUT2D eigenvalue weighted by Crippen LogP contribution is -2.43. The molecule has 1 atom stereocenters. The quantitative estimate of drug-likeness (QED) is 0.892. The van der Waals surface area contributed by atoms with Gasteiger partial charge in [0.15, 0.2) is 0 Å².